The van der Waals surface area contributed by atoms with E-state index in [9.17, 15) is 19.4 Å². The van der Waals surface area contributed by atoms with Crippen LogP contribution in [0, 0.1) is 0 Å². The van der Waals surface area contributed by atoms with E-state index in [1.165, 1.54) is 161 Å². The first-order chi connectivity index (χ1) is 26.4. The van der Waals surface area contributed by atoms with Crippen LogP contribution < -0.4 is 11.1 Å². The number of nitrogens with two attached hydrogens (primary N) is 1. The lowest BCUT2D eigenvalue weighted by Gasteiger charge is -2.25. The Hall–Kier alpha value is -0.760. The fourth-order valence-electron chi connectivity index (χ4n) is 7.07. The lowest BCUT2D eigenvalue weighted by Crippen LogP contribution is -2.46. The van der Waals surface area contributed by atoms with E-state index in [1.54, 1.807) is 0 Å². The first-order valence-electron chi connectivity index (χ1n) is 23.3. The van der Waals surface area contributed by atoms with Crippen LogP contribution in [0.25, 0.3) is 0 Å². The van der Waals surface area contributed by atoms with Gasteiger partial charge in [-0.05, 0) is 38.5 Å². The molecule has 3 atom stereocenters. The molecule has 0 aliphatic carbocycles. The Balaban J connectivity index is 4.07. The molecule has 5 N–H and O–H groups in total. The molecular weight excluding hydrogens is 695 g/mol. The van der Waals surface area contributed by atoms with Gasteiger partial charge >= 0.3 is 7.82 Å². The van der Waals surface area contributed by atoms with Gasteiger partial charge in [-0.15, -0.1) is 0 Å². The molecule has 322 valence electrons. The molecular formula is C45H91N2O6P. The highest BCUT2D eigenvalue weighted by Crippen LogP contribution is 2.43. The summed E-state index contributed by atoms with van der Waals surface area (Å²) < 4.78 is 22.2. The van der Waals surface area contributed by atoms with Crippen molar-refractivity contribution in [3.8, 4) is 0 Å². The van der Waals surface area contributed by atoms with E-state index in [-0.39, 0.29) is 25.7 Å². The maximum atomic E-state index is 12.8. The van der Waals surface area contributed by atoms with Crippen LogP contribution in [-0.4, -0.2) is 47.8 Å². The number of rotatable bonds is 44. The lowest BCUT2D eigenvalue weighted by molar-refractivity contribution is -0.123. The van der Waals surface area contributed by atoms with Crippen molar-refractivity contribution in [1.82, 2.24) is 5.32 Å². The maximum Gasteiger partial charge on any atom is 0.472 e. The third-order valence-electron chi connectivity index (χ3n) is 10.6. The summed E-state index contributed by atoms with van der Waals surface area (Å²) >= 11 is 0. The molecule has 0 aliphatic heterocycles. The average Bonchev–Trinajstić information content (AvgIpc) is 3.16. The van der Waals surface area contributed by atoms with E-state index in [1.807, 2.05) is 0 Å². The highest BCUT2D eigenvalue weighted by Gasteiger charge is 2.27. The van der Waals surface area contributed by atoms with Crippen LogP contribution in [0.15, 0.2) is 12.2 Å². The van der Waals surface area contributed by atoms with Crippen LogP contribution in [0.5, 0.6) is 0 Å². The standard InChI is InChI=1S/C45H91N2O6P/c1-3-5-7-9-11-13-15-17-19-20-21-22-23-24-25-26-28-30-32-34-36-38-44(48)43(42-53-54(50,51)52-41-40-46)47-45(49)39-37-35-33-31-29-27-18-16-14-12-10-8-6-4-2/h16,18,43-44,48H,3-15,17,19-42,46H2,1-2H3,(H,47,49)(H,50,51)/b18-16-. The molecule has 8 nitrogen and oxygen atoms in total. The van der Waals surface area contributed by atoms with E-state index in [4.69, 9.17) is 14.8 Å². The zero-order valence-electron chi connectivity index (χ0n) is 35.7. The summed E-state index contributed by atoms with van der Waals surface area (Å²) in [6.07, 6.45) is 46.5. The summed E-state index contributed by atoms with van der Waals surface area (Å²) in [5.74, 6) is -0.168. The largest absolute Gasteiger partial charge is 0.472 e. The highest BCUT2D eigenvalue weighted by atomic mass is 31.2. The fraction of sp³-hybridized carbons (Fsp3) is 0.933. The zero-order valence-corrected chi connectivity index (χ0v) is 36.6. The molecule has 0 spiro atoms. The van der Waals surface area contributed by atoms with Gasteiger partial charge in [0.05, 0.1) is 25.4 Å². The quantitative estimate of drug-likeness (QED) is 0.0275. The second-order valence-corrected chi connectivity index (χ2v) is 17.4. The van der Waals surface area contributed by atoms with Crippen molar-refractivity contribution in [2.24, 2.45) is 5.73 Å². The van der Waals surface area contributed by atoms with Crippen LogP contribution in [0.1, 0.15) is 239 Å². The second kappa shape index (κ2) is 41.9. The molecule has 0 bridgehead atoms. The summed E-state index contributed by atoms with van der Waals surface area (Å²) in [6, 6.07) is -0.775. The molecule has 0 radical (unpaired) electrons. The number of aliphatic hydroxyl groups is 1. The lowest BCUT2D eigenvalue weighted by atomic mass is 10.0. The van der Waals surface area contributed by atoms with Gasteiger partial charge in [-0.25, -0.2) is 4.57 Å². The number of allylic oxidation sites excluding steroid dienone is 2. The van der Waals surface area contributed by atoms with Crippen LogP contribution in [0.3, 0.4) is 0 Å². The number of phosphoric ester groups is 1. The number of unbranched alkanes of at least 4 members (excludes halogenated alkanes) is 30. The molecule has 0 heterocycles. The summed E-state index contributed by atoms with van der Waals surface area (Å²) in [4.78, 5) is 22.7. The predicted octanol–water partition coefficient (Wildman–Crippen LogP) is 13.2. The maximum absolute atomic E-state index is 12.8. The van der Waals surface area contributed by atoms with Gasteiger partial charge in [0.1, 0.15) is 0 Å². The Kier molecular flexibility index (Phi) is 41.3. The van der Waals surface area contributed by atoms with Gasteiger partial charge in [-0.3, -0.25) is 13.8 Å². The van der Waals surface area contributed by atoms with Gasteiger partial charge in [0.15, 0.2) is 0 Å². The van der Waals surface area contributed by atoms with Crippen LogP contribution in [0.2, 0.25) is 0 Å². The fourth-order valence-corrected chi connectivity index (χ4v) is 7.83. The number of carbonyl (C=O) groups excluding carboxylic acids is 1. The van der Waals surface area contributed by atoms with E-state index in [0.29, 0.717) is 12.8 Å². The molecule has 0 saturated carbocycles. The number of hydrogen-bond donors (Lipinski definition) is 4. The SMILES string of the molecule is CCCCCCC/C=C\CCCCCCCC(=O)NC(COP(=O)(O)OCCN)C(O)CCCCCCCCCCCCCCCCCCCCCCC. The van der Waals surface area contributed by atoms with Crippen molar-refractivity contribution >= 4 is 13.7 Å². The van der Waals surface area contributed by atoms with Gasteiger partial charge in [-0.1, -0.05) is 206 Å². The Bertz CT molecular complexity index is 860. The summed E-state index contributed by atoms with van der Waals surface area (Å²) in [6.45, 7) is 4.22. The minimum atomic E-state index is -4.31. The first-order valence-corrected chi connectivity index (χ1v) is 24.8. The van der Waals surface area contributed by atoms with Crippen molar-refractivity contribution in [2.75, 3.05) is 19.8 Å². The van der Waals surface area contributed by atoms with Crippen molar-refractivity contribution in [2.45, 2.75) is 251 Å². The Morgan fingerprint density at radius 2 is 0.963 bits per heavy atom. The number of carbonyl (C=O) groups is 1. The average molecular weight is 787 g/mol. The van der Waals surface area contributed by atoms with E-state index in [0.717, 1.165) is 51.4 Å². The molecule has 3 unspecified atom stereocenters. The molecule has 9 heteroatoms. The van der Waals surface area contributed by atoms with E-state index < -0.39 is 20.0 Å². The van der Waals surface area contributed by atoms with Gasteiger partial charge in [0.2, 0.25) is 5.91 Å². The molecule has 0 aromatic carbocycles. The summed E-state index contributed by atoms with van der Waals surface area (Å²) in [7, 11) is -4.31. The Labute approximate surface area is 335 Å². The van der Waals surface area contributed by atoms with Crippen LogP contribution in [-0.2, 0) is 18.4 Å². The number of amides is 1. The van der Waals surface area contributed by atoms with Crippen molar-refractivity contribution < 1.29 is 28.4 Å². The van der Waals surface area contributed by atoms with Gasteiger partial charge in [0, 0.05) is 13.0 Å². The van der Waals surface area contributed by atoms with E-state index in [2.05, 4.69) is 31.3 Å². The van der Waals surface area contributed by atoms with Gasteiger partial charge in [-0.2, -0.15) is 0 Å². The minimum Gasteiger partial charge on any atom is -0.391 e. The first kappa shape index (κ1) is 53.2. The highest BCUT2D eigenvalue weighted by molar-refractivity contribution is 7.47. The molecule has 0 aromatic heterocycles. The number of aliphatic hydroxyl groups excluding tert-OH is 1. The van der Waals surface area contributed by atoms with Crippen LogP contribution >= 0.6 is 7.82 Å². The molecule has 0 rings (SSSR count). The second-order valence-electron chi connectivity index (χ2n) is 16.0. The normalized spacial score (nSPS) is 14.1. The molecule has 0 fully saturated rings. The Morgan fingerprint density at radius 1 is 0.593 bits per heavy atom. The molecule has 54 heavy (non-hydrogen) atoms. The molecule has 0 aliphatic rings. The van der Waals surface area contributed by atoms with Crippen LogP contribution in [0.4, 0.5) is 0 Å². The molecule has 1 amide bonds. The minimum absolute atomic E-state index is 0.0894. The summed E-state index contributed by atoms with van der Waals surface area (Å²) in [5.41, 5.74) is 5.38. The zero-order chi connectivity index (χ0) is 39.6. The van der Waals surface area contributed by atoms with Crippen molar-refractivity contribution in [3.05, 3.63) is 12.2 Å². The summed E-state index contributed by atoms with van der Waals surface area (Å²) in [5, 5.41) is 13.8. The van der Waals surface area contributed by atoms with Gasteiger partial charge in [0.25, 0.3) is 0 Å². The molecule has 0 saturated heterocycles. The topological polar surface area (TPSA) is 131 Å². The molecule has 0 aromatic rings. The number of phosphoric acid groups is 1. The number of nitrogens with one attached hydrogen (secondary N) is 1. The Morgan fingerprint density at radius 3 is 1.37 bits per heavy atom. The van der Waals surface area contributed by atoms with Crippen molar-refractivity contribution in [3.63, 3.8) is 0 Å². The third-order valence-corrected chi connectivity index (χ3v) is 11.6. The van der Waals surface area contributed by atoms with Gasteiger partial charge < -0.3 is 21.1 Å². The monoisotopic (exact) mass is 787 g/mol. The van der Waals surface area contributed by atoms with Crippen molar-refractivity contribution in [1.29, 1.82) is 0 Å². The third kappa shape index (κ3) is 39.5. The predicted molar refractivity (Wildman–Crippen MR) is 231 cm³/mol. The number of hydrogen-bond acceptors (Lipinski definition) is 6. The van der Waals surface area contributed by atoms with E-state index >= 15 is 0 Å². The smallest absolute Gasteiger partial charge is 0.391 e.